The summed E-state index contributed by atoms with van der Waals surface area (Å²) >= 11 is 0. The van der Waals surface area contributed by atoms with Crippen molar-refractivity contribution < 1.29 is 4.74 Å². The summed E-state index contributed by atoms with van der Waals surface area (Å²) in [7, 11) is 0. The van der Waals surface area contributed by atoms with Crippen molar-refractivity contribution in [2.24, 2.45) is 0 Å². The molecule has 114 valence electrons. The number of aryl methyl sites for hydroxylation is 1. The predicted molar refractivity (Wildman–Crippen MR) is 88.3 cm³/mol. The van der Waals surface area contributed by atoms with E-state index in [1.807, 2.05) is 28.9 Å². The lowest BCUT2D eigenvalue weighted by molar-refractivity contribution is 0.288. The largest absolute Gasteiger partial charge is 0.491 e. The summed E-state index contributed by atoms with van der Waals surface area (Å²) in [5.41, 5.74) is 4.42. The Balaban J connectivity index is 1.72. The number of hydrogen-bond donors (Lipinski definition) is 0. The Hall–Kier alpha value is -2.36. The topological polar surface area (TPSA) is 39.9 Å². The Labute approximate surface area is 130 Å². The lowest BCUT2D eigenvalue weighted by atomic mass is 10.0. The maximum Gasteiger partial charge on any atom is 0.123 e. The molecule has 0 spiro atoms. The number of aromatic nitrogens is 3. The van der Waals surface area contributed by atoms with Gasteiger partial charge in [0.2, 0.25) is 0 Å². The molecule has 0 aliphatic carbocycles. The van der Waals surface area contributed by atoms with Crippen LogP contribution in [0.5, 0.6) is 5.75 Å². The zero-order chi connectivity index (χ0) is 15.5. The van der Waals surface area contributed by atoms with E-state index < -0.39 is 0 Å². The van der Waals surface area contributed by atoms with Crippen LogP contribution in [0, 0.1) is 6.92 Å². The van der Waals surface area contributed by atoms with Gasteiger partial charge in [-0.2, -0.15) is 0 Å². The third-order valence-corrected chi connectivity index (χ3v) is 3.77. The van der Waals surface area contributed by atoms with E-state index in [1.165, 1.54) is 11.1 Å². The van der Waals surface area contributed by atoms with Crippen LogP contribution < -0.4 is 4.74 Å². The van der Waals surface area contributed by atoms with E-state index in [1.54, 1.807) is 0 Å². The maximum atomic E-state index is 6.01. The van der Waals surface area contributed by atoms with Gasteiger partial charge in [-0.1, -0.05) is 43.3 Å². The third kappa shape index (κ3) is 2.96. The Bertz CT molecular complexity index is 777. The number of nitrogens with zero attached hydrogens (tertiary/aromatic N) is 3. The number of benzene rings is 2. The van der Waals surface area contributed by atoms with Crippen molar-refractivity contribution in [3.63, 3.8) is 0 Å². The van der Waals surface area contributed by atoms with E-state index in [2.05, 4.69) is 49.3 Å². The first kappa shape index (κ1) is 14.6. The van der Waals surface area contributed by atoms with Crippen LogP contribution in [0.15, 0.2) is 42.5 Å². The molecule has 0 bridgehead atoms. The smallest absolute Gasteiger partial charge is 0.123 e. The maximum absolute atomic E-state index is 6.01. The van der Waals surface area contributed by atoms with Crippen LogP contribution in [-0.4, -0.2) is 21.6 Å². The second kappa shape index (κ2) is 6.18. The highest BCUT2D eigenvalue weighted by Gasteiger charge is 2.09. The molecule has 0 aliphatic rings. The van der Waals surface area contributed by atoms with Gasteiger partial charge in [-0.25, -0.2) is 4.68 Å². The molecular weight excluding hydrogens is 274 g/mol. The van der Waals surface area contributed by atoms with Crippen LogP contribution in [0.1, 0.15) is 30.9 Å². The van der Waals surface area contributed by atoms with Crippen molar-refractivity contribution >= 4 is 11.0 Å². The van der Waals surface area contributed by atoms with Crippen LogP contribution >= 0.6 is 0 Å². The van der Waals surface area contributed by atoms with Crippen LogP contribution in [0.4, 0.5) is 0 Å². The summed E-state index contributed by atoms with van der Waals surface area (Å²) < 4.78 is 7.90. The molecule has 0 saturated heterocycles. The minimum Gasteiger partial charge on any atom is -0.491 e. The van der Waals surface area contributed by atoms with Gasteiger partial charge < -0.3 is 4.74 Å². The molecular formula is C18H21N3O. The zero-order valence-electron chi connectivity index (χ0n) is 13.3. The first-order chi connectivity index (χ1) is 10.6. The minimum atomic E-state index is 0.447. The van der Waals surface area contributed by atoms with E-state index in [-0.39, 0.29) is 0 Å². The van der Waals surface area contributed by atoms with Gasteiger partial charge in [0.05, 0.1) is 12.1 Å². The van der Waals surface area contributed by atoms with Gasteiger partial charge in [0.1, 0.15) is 17.9 Å². The number of fused-ring (bicyclic) bond motifs is 1. The van der Waals surface area contributed by atoms with Crippen LogP contribution in [0.2, 0.25) is 0 Å². The molecule has 0 fully saturated rings. The molecule has 0 N–H and O–H groups in total. The Kier molecular flexibility index (Phi) is 4.09. The Morgan fingerprint density at radius 2 is 1.95 bits per heavy atom. The molecule has 1 aromatic heterocycles. The third-order valence-electron chi connectivity index (χ3n) is 3.77. The van der Waals surface area contributed by atoms with Gasteiger partial charge in [0.25, 0.3) is 0 Å². The summed E-state index contributed by atoms with van der Waals surface area (Å²) in [5, 5.41) is 8.35. The van der Waals surface area contributed by atoms with Crippen molar-refractivity contribution in [2.75, 3.05) is 6.61 Å². The molecule has 0 amide bonds. The highest BCUT2D eigenvalue weighted by Crippen LogP contribution is 2.27. The molecule has 0 aliphatic heterocycles. The number of rotatable bonds is 5. The first-order valence-corrected chi connectivity index (χ1v) is 7.67. The lowest BCUT2D eigenvalue weighted by Crippen LogP contribution is -2.10. The van der Waals surface area contributed by atoms with Gasteiger partial charge >= 0.3 is 0 Å². The van der Waals surface area contributed by atoms with Crippen LogP contribution in [0.25, 0.3) is 11.0 Å². The van der Waals surface area contributed by atoms with Crippen molar-refractivity contribution in [3.05, 3.63) is 53.6 Å². The zero-order valence-corrected chi connectivity index (χ0v) is 13.3. The SMILES string of the molecule is Cc1ccc(C(C)C)c(OCCn2nnc3ccccc32)c1. The fourth-order valence-electron chi connectivity index (χ4n) is 2.57. The van der Waals surface area contributed by atoms with E-state index in [0.717, 1.165) is 16.8 Å². The van der Waals surface area contributed by atoms with Crippen LogP contribution in [-0.2, 0) is 6.54 Å². The molecule has 0 unspecified atom stereocenters. The predicted octanol–water partition coefficient (Wildman–Crippen LogP) is 3.94. The van der Waals surface area contributed by atoms with Crippen molar-refractivity contribution in [3.8, 4) is 5.75 Å². The van der Waals surface area contributed by atoms with E-state index >= 15 is 0 Å². The minimum absolute atomic E-state index is 0.447. The Morgan fingerprint density at radius 1 is 1.14 bits per heavy atom. The standard InChI is InChI=1S/C18H21N3O/c1-13(2)15-9-8-14(3)12-18(15)22-11-10-21-17-7-5-4-6-16(17)19-20-21/h4-9,12-13H,10-11H2,1-3H3. The summed E-state index contributed by atoms with van der Waals surface area (Å²) in [4.78, 5) is 0. The molecule has 3 rings (SSSR count). The summed E-state index contributed by atoms with van der Waals surface area (Å²) in [5.74, 6) is 1.42. The molecule has 4 heteroatoms. The number of ether oxygens (including phenoxy) is 1. The van der Waals surface area contributed by atoms with Gasteiger partial charge in [0, 0.05) is 0 Å². The summed E-state index contributed by atoms with van der Waals surface area (Å²) in [6, 6.07) is 14.4. The van der Waals surface area contributed by atoms with Gasteiger partial charge in [0.15, 0.2) is 0 Å². The lowest BCUT2D eigenvalue weighted by Gasteiger charge is -2.15. The van der Waals surface area contributed by atoms with E-state index in [0.29, 0.717) is 19.1 Å². The van der Waals surface area contributed by atoms with E-state index in [4.69, 9.17) is 4.74 Å². The molecule has 22 heavy (non-hydrogen) atoms. The van der Waals surface area contributed by atoms with Crippen molar-refractivity contribution in [1.82, 2.24) is 15.0 Å². The Morgan fingerprint density at radius 3 is 2.77 bits per heavy atom. The normalized spacial score (nSPS) is 11.3. The van der Waals surface area contributed by atoms with Gasteiger partial charge in [-0.3, -0.25) is 0 Å². The van der Waals surface area contributed by atoms with Crippen LogP contribution in [0.3, 0.4) is 0 Å². The second-order valence-electron chi connectivity index (χ2n) is 5.85. The molecule has 0 radical (unpaired) electrons. The monoisotopic (exact) mass is 295 g/mol. The quantitative estimate of drug-likeness (QED) is 0.715. The molecule has 3 aromatic rings. The highest BCUT2D eigenvalue weighted by atomic mass is 16.5. The van der Waals surface area contributed by atoms with Gasteiger partial charge in [-0.15, -0.1) is 5.10 Å². The second-order valence-corrected chi connectivity index (χ2v) is 5.85. The molecule has 4 nitrogen and oxygen atoms in total. The summed E-state index contributed by atoms with van der Waals surface area (Å²) in [6.07, 6.45) is 0. The number of para-hydroxylation sites is 1. The molecule has 2 aromatic carbocycles. The fourth-order valence-corrected chi connectivity index (χ4v) is 2.57. The van der Waals surface area contributed by atoms with Crippen molar-refractivity contribution in [2.45, 2.75) is 33.2 Å². The van der Waals surface area contributed by atoms with Gasteiger partial charge in [-0.05, 0) is 42.2 Å². The molecule has 0 saturated carbocycles. The van der Waals surface area contributed by atoms with Crippen molar-refractivity contribution in [1.29, 1.82) is 0 Å². The number of hydrogen-bond acceptors (Lipinski definition) is 3. The van der Waals surface area contributed by atoms with E-state index in [9.17, 15) is 0 Å². The fraction of sp³-hybridized carbons (Fsp3) is 0.333. The first-order valence-electron chi connectivity index (χ1n) is 7.67. The average molecular weight is 295 g/mol. The highest BCUT2D eigenvalue weighted by molar-refractivity contribution is 5.73. The average Bonchev–Trinajstić information content (AvgIpc) is 2.91. The summed E-state index contributed by atoms with van der Waals surface area (Å²) in [6.45, 7) is 7.72. The molecule has 1 heterocycles. The molecule has 0 atom stereocenters.